The SMILES string of the molecule is Cc1nc(CC(=O)NC2(c3ccccc3)CCOCC2)c(C2OCCO2)c(N[C@H](C)c2cccc(C(F)(F)F)c2C)n1. The fraction of sp³-hybridized carbons (Fsp3) is 0.452. The second kappa shape index (κ2) is 12.4. The highest BCUT2D eigenvalue weighted by molar-refractivity contribution is 5.80. The average molecular weight is 585 g/mol. The maximum atomic E-state index is 13.6. The van der Waals surface area contributed by atoms with Gasteiger partial charge in [-0.1, -0.05) is 42.5 Å². The lowest BCUT2D eigenvalue weighted by atomic mass is 9.82. The fourth-order valence-electron chi connectivity index (χ4n) is 5.80. The van der Waals surface area contributed by atoms with Gasteiger partial charge in [0.1, 0.15) is 11.6 Å². The monoisotopic (exact) mass is 584 g/mol. The van der Waals surface area contributed by atoms with Crippen LogP contribution in [0.1, 0.15) is 71.4 Å². The molecular formula is C31H35F3N4O4. The minimum absolute atomic E-state index is 0.0665. The lowest BCUT2D eigenvalue weighted by Crippen LogP contribution is -2.50. The minimum Gasteiger partial charge on any atom is -0.381 e. The van der Waals surface area contributed by atoms with Crippen LogP contribution in [-0.2, 0) is 37.1 Å². The third kappa shape index (κ3) is 6.43. The van der Waals surface area contributed by atoms with Gasteiger partial charge in [0.05, 0.1) is 48.0 Å². The van der Waals surface area contributed by atoms with Crippen molar-refractivity contribution in [1.82, 2.24) is 15.3 Å². The second-order valence-corrected chi connectivity index (χ2v) is 10.7. The summed E-state index contributed by atoms with van der Waals surface area (Å²) < 4.78 is 58.0. The Hall–Kier alpha value is -3.54. The van der Waals surface area contributed by atoms with Gasteiger partial charge in [0, 0.05) is 13.2 Å². The zero-order chi connectivity index (χ0) is 29.9. The molecule has 1 atom stereocenters. The van der Waals surface area contributed by atoms with Crippen LogP contribution in [0.4, 0.5) is 19.0 Å². The normalized spacial score (nSPS) is 18.0. The van der Waals surface area contributed by atoms with E-state index >= 15 is 0 Å². The molecular weight excluding hydrogens is 549 g/mol. The first-order valence-electron chi connectivity index (χ1n) is 14.1. The van der Waals surface area contributed by atoms with E-state index in [0.29, 0.717) is 67.7 Å². The number of hydrogen-bond donors (Lipinski definition) is 2. The highest BCUT2D eigenvalue weighted by Crippen LogP contribution is 2.38. The summed E-state index contributed by atoms with van der Waals surface area (Å²) in [5, 5.41) is 6.53. The van der Waals surface area contributed by atoms with Crippen LogP contribution in [0.25, 0.3) is 0 Å². The summed E-state index contributed by atoms with van der Waals surface area (Å²) in [5.74, 6) is 0.523. The first kappa shape index (κ1) is 29.9. The van der Waals surface area contributed by atoms with Crippen LogP contribution in [0.15, 0.2) is 48.5 Å². The van der Waals surface area contributed by atoms with Crippen molar-refractivity contribution < 1.29 is 32.2 Å². The summed E-state index contributed by atoms with van der Waals surface area (Å²) in [5.41, 5.74) is 1.25. The molecule has 3 aromatic rings. The molecule has 2 saturated heterocycles. The number of benzene rings is 2. The van der Waals surface area contributed by atoms with Gasteiger partial charge in [-0.25, -0.2) is 9.97 Å². The van der Waals surface area contributed by atoms with E-state index in [4.69, 9.17) is 14.2 Å². The van der Waals surface area contributed by atoms with E-state index in [0.717, 1.165) is 11.6 Å². The van der Waals surface area contributed by atoms with Gasteiger partial charge in [-0.15, -0.1) is 0 Å². The van der Waals surface area contributed by atoms with Crippen molar-refractivity contribution in [3.63, 3.8) is 0 Å². The van der Waals surface area contributed by atoms with Crippen molar-refractivity contribution in [3.05, 3.63) is 87.9 Å². The Balaban J connectivity index is 1.46. The number of rotatable bonds is 8. The largest absolute Gasteiger partial charge is 0.416 e. The third-order valence-corrected chi connectivity index (χ3v) is 7.87. The van der Waals surface area contributed by atoms with E-state index in [2.05, 4.69) is 20.6 Å². The molecule has 42 heavy (non-hydrogen) atoms. The lowest BCUT2D eigenvalue weighted by Gasteiger charge is -2.38. The van der Waals surface area contributed by atoms with Gasteiger partial charge in [0.15, 0.2) is 6.29 Å². The number of amides is 1. The molecule has 1 amide bonds. The molecule has 0 aliphatic carbocycles. The van der Waals surface area contributed by atoms with Crippen molar-refractivity contribution in [2.75, 3.05) is 31.7 Å². The number of carbonyl (C=O) groups excluding carboxylic acids is 1. The van der Waals surface area contributed by atoms with E-state index in [9.17, 15) is 18.0 Å². The van der Waals surface area contributed by atoms with Crippen LogP contribution < -0.4 is 10.6 Å². The van der Waals surface area contributed by atoms with Crippen LogP contribution >= 0.6 is 0 Å². The van der Waals surface area contributed by atoms with Crippen LogP contribution in [0.5, 0.6) is 0 Å². The van der Waals surface area contributed by atoms with E-state index in [1.807, 2.05) is 30.3 Å². The van der Waals surface area contributed by atoms with Gasteiger partial charge >= 0.3 is 6.18 Å². The number of anilines is 1. The first-order valence-corrected chi connectivity index (χ1v) is 14.1. The molecule has 224 valence electrons. The number of nitrogens with one attached hydrogen (secondary N) is 2. The highest BCUT2D eigenvalue weighted by atomic mass is 19.4. The standard InChI is InChI=1S/C31H35F3N4O4/c1-19-23(10-7-11-24(19)31(32,33)34)20(2)35-28-27(29-41-16-17-42-29)25(36-21(3)37-28)18-26(39)38-30(12-14-40-15-13-30)22-8-5-4-6-9-22/h4-11,20,29H,12-18H2,1-3H3,(H,38,39)(H,35,36,37)/t20-/m1/s1. The van der Waals surface area contributed by atoms with Gasteiger partial charge in [0.2, 0.25) is 5.91 Å². The molecule has 0 unspecified atom stereocenters. The van der Waals surface area contributed by atoms with Crippen LogP contribution in [0, 0.1) is 13.8 Å². The van der Waals surface area contributed by atoms with Crippen LogP contribution in [0.3, 0.4) is 0 Å². The zero-order valence-corrected chi connectivity index (χ0v) is 23.9. The molecule has 2 aromatic carbocycles. The molecule has 11 heteroatoms. The molecule has 0 spiro atoms. The van der Waals surface area contributed by atoms with Gasteiger partial charge in [-0.2, -0.15) is 13.2 Å². The second-order valence-electron chi connectivity index (χ2n) is 10.7. The summed E-state index contributed by atoms with van der Waals surface area (Å²) in [6, 6.07) is 13.4. The van der Waals surface area contributed by atoms with Crippen molar-refractivity contribution in [3.8, 4) is 0 Å². The van der Waals surface area contributed by atoms with E-state index in [1.165, 1.54) is 13.0 Å². The molecule has 3 heterocycles. The van der Waals surface area contributed by atoms with Crippen LogP contribution in [0.2, 0.25) is 0 Å². The van der Waals surface area contributed by atoms with Gasteiger partial charge in [-0.3, -0.25) is 4.79 Å². The number of aromatic nitrogens is 2. The van der Waals surface area contributed by atoms with Gasteiger partial charge in [-0.05, 0) is 56.4 Å². The minimum atomic E-state index is -4.47. The zero-order valence-electron chi connectivity index (χ0n) is 23.9. The Kier molecular flexibility index (Phi) is 8.81. The topological polar surface area (TPSA) is 94.6 Å². The number of nitrogens with zero attached hydrogens (tertiary/aromatic N) is 2. The molecule has 0 saturated carbocycles. The number of hydrogen-bond acceptors (Lipinski definition) is 7. The summed E-state index contributed by atoms with van der Waals surface area (Å²) in [6.45, 7) is 6.68. The molecule has 2 aliphatic heterocycles. The Morgan fingerprint density at radius 1 is 1.00 bits per heavy atom. The molecule has 2 N–H and O–H groups in total. The number of carbonyl (C=O) groups is 1. The predicted octanol–water partition coefficient (Wildman–Crippen LogP) is 5.70. The molecule has 1 aromatic heterocycles. The van der Waals surface area contributed by atoms with Crippen molar-refractivity contribution in [2.45, 2.75) is 64.1 Å². The highest BCUT2D eigenvalue weighted by Gasteiger charge is 2.37. The van der Waals surface area contributed by atoms with Crippen LogP contribution in [-0.4, -0.2) is 42.3 Å². The number of halogens is 3. The smallest absolute Gasteiger partial charge is 0.381 e. The Bertz CT molecular complexity index is 1410. The molecule has 0 radical (unpaired) electrons. The summed E-state index contributed by atoms with van der Waals surface area (Å²) >= 11 is 0. The molecule has 5 rings (SSSR count). The average Bonchev–Trinajstić information content (AvgIpc) is 3.47. The third-order valence-electron chi connectivity index (χ3n) is 7.87. The molecule has 2 fully saturated rings. The maximum Gasteiger partial charge on any atom is 0.416 e. The molecule has 8 nitrogen and oxygen atoms in total. The number of ether oxygens (including phenoxy) is 3. The predicted molar refractivity (Wildman–Crippen MR) is 150 cm³/mol. The number of aryl methyl sites for hydroxylation is 1. The van der Waals surface area contributed by atoms with E-state index in [-0.39, 0.29) is 17.9 Å². The maximum absolute atomic E-state index is 13.6. The van der Waals surface area contributed by atoms with E-state index < -0.39 is 29.6 Å². The fourth-order valence-corrected chi connectivity index (χ4v) is 5.80. The molecule has 0 bridgehead atoms. The van der Waals surface area contributed by atoms with Gasteiger partial charge in [0.25, 0.3) is 0 Å². The molecule has 2 aliphatic rings. The van der Waals surface area contributed by atoms with Crippen molar-refractivity contribution in [2.24, 2.45) is 0 Å². The summed E-state index contributed by atoms with van der Waals surface area (Å²) in [7, 11) is 0. The Morgan fingerprint density at radius 3 is 2.36 bits per heavy atom. The quantitative estimate of drug-likeness (QED) is 0.351. The van der Waals surface area contributed by atoms with Crippen molar-refractivity contribution >= 4 is 11.7 Å². The van der Waals surface area contributed by atoms with E-state index in [1.54, 1.807) is 19.9 Å². The summed E-state index contributed by atoms with van der Waals surface area (Å²) in [6.07, 6.45) is -4.09. The summed E-state index contributed by atoms with van der Waals surface area (Å²) in [4.78, 5) is 22.8. The lowest BCUT2D eigenvalue weighted by molar-refractivity contribution is -0.138. The number of alkyl halides is 3. The first-order chi connectivity index (χ1) is 20.1. The van der Waals surface area contributed by atoms with Gasteiger partial charge < -0.3 is 24.8 Å². The Morgan fingerprint density at radius 2 is 1.69 bits per heavy atom. The van der Waals surface area contributed by atoms with Crippen molar-refractivity contribution in [1.29, 1.82) is 0 Å². The Labute approximate surface area is 243 Å².